The molecule has 0 aliphatic carbocycles. The first-order chi connectivity index (χ1) is 6.68. The Hall–Kier alpha value is -0.960. The number of benzene rings is 1. The number of halogens is 2. The van der Waals surface area contributed by atoms with Crippen LogP contribution < -0.4 is 4.90 Å². The van der Waals surface area contributed by atoms with Crippen LogP contribution in [0.15, 0.2) is 12.1 Å². The van der Waals surface area contributed by atoms with Crippen LogP contribution in [0.4, 0.5) is 10.1 Å². The Kier molecular flexibility index (Phi) is 2.50. The molecule has 76 valence electrons. The fourth-order valence-electron chi connectivity index (χ4n) is 1.74. The van der Waals surface area contributed by atoms with Gasteiger partial charge in [-0.05, 0) is 12.8 Å². The van der Waals surface area contributed by atoms with Crippen LogP contribution >= 0.6 is 11.6 Å². The molecule has 0 aromatic heterocycles. The Balaban J connectivity index is 2.37. The second kappa shape index (κ2) is 3.65. The predicted molar refractivity (Wildman–Crippen MR) is 54.5 cm³/mol. The zero-order valence-corrected chi connectivity index (χ0v) is 8.39. The fraction of sp³-hybridized carbons (Fsp3) is 0.400. The van der Waals surface area contributed by atoms with Crippen LogP contribution in [0.5, 0.6) is 5.75 Å². The van der Waals surface area contributed by atoms with Gasteiger partial charge >= 0.3 is 0 Å². The molecule has 0 saturated carbocycles. The van der Waals surface area contributed by atoms with Gasteiger partial charge in [0.2, 0.25) is 0 Å². The van der Waals surface area contributed by atoms with Crippen LogP contribution in [-0.4, -0.2) is 18.2 Å². The second-order valence-electron chi connectivity index (χ2n) is 3.45. The number of phenols is 1. The zero-order chi connectivity index (χ0) is 10.1. The van der Waals surface area contributed by atoms with Gasteiger partial charge in [0, 0.05) is 25.2 Å². The number of rotatable bonds is 1. The summed E-state index contributed by atoms with van der Waals surface area (Å²) in [7, 11) is 0. The molecule has 1 aliphatic heterocycles. The van der Waals surface area contributed by atoms with Crippen molar-refractivity contribution in [3.63, 3.8) is 0 Å². The van der Waals surface area contributed by atoms with E-state index in [4.69, 9.17) is 11.6 Å². The molecule has 1 fully saturated rings. The Labute approximate surface area is 86.9 Å². The maximum Gasteiger partial charge on any atom is 0.144 e. The molecule has 1 aliphatic rings. The SMILES string of the molecule is Oc1cc(Cl)c(F)cc1N1CCCC1. The van der Waals surface area contributed by atoms with E-state index in [1.165, 1.54) is 12.1 Å². The molecule has 0 amide bonds. The van der Waals surface area contributed by atoms with Crippen molar-refractivity contribution in [2.75, 3.05) is 18.0 Å². The van der Waals surface area contributed by atoms with Crippen LogP contribution in [0, 0.1) is 5.82 Å². The second-order valence-corrected chi connectivity index (χ2v) is 3.86. The van der Waals surface area contributed by atoms with Gasteiger partial charge < -0.3 is 10.0 Å². The number of hydrogen-bond acceptors (Lipinski definition) is 2. The van der Waals surface area contributed by atoms with E-state index >= 15 is 0 Å². The average Bonchev–Trinajstić information content (AvgIpc) is 2.64. The highest BCUT2D eigenvalue weighted by atomic mass is 35.5. The molecular formula is C10H11ClFNO. The third-order valence-electron chi connectivity index (χ3n) is 2.46. The van der Waals surface area contributed by atoms with Crippen LogP contribution in [0.2, 0.25) is 5.02 Å². The smallest absolute Gasteiger partial charge is 0.144 e. The van der Waals surface area contributed by atoms with E-state index in [1.807, 2.05) is 4.90 Å². The maximum absolute atomic E-state index is 13.1. The van der Waals surface area contributed by atoms with E-state index in [0.29, 0.717) is 5.69 Å². The van der Waals surface area contributed by atoms with E-state index in [-0.39, 0.29) is 10.8 Å². The van der Waals surface area contributed by atoms with E-state index < -0.39 is 5.82 Å². The van der Waals surface area contributed by atoms with Crippen molar-refractivity contribution in [2.24, 2.45) is 0 Å². The average molecular weight is 216 g/mol. The summed E-state index contributed by atoms with van der Waals surface area (Å²) >= 11 is 5.54. The van der Waals surface area contributed by atoms with Crippen LogP contribution in [0.1, 0.15) is 12.8 Å². The van der Waals surface area contributed by atoms with Crippen LogP contribution in [0.3, 0.4) is 0 Å². The first-order valence-electron chi connectivity index (χ1n) is 4.61. The van der Waals surface area contributed by atoms with Crippen molar-refractivity contribution in [2.45, 2.75) is 12.8 Å². The number of anilines is 1. The highest BCUT2D eigenvalue weighted by Crippen LogP contribution is 2.33. The molecule has 2 rings (SSSR count). The highest BCUT2D eigenvalue weighted by molar-refractivity contribution is 6.31. The summed E-state index contributed by atoms with van der Waals surface area (Å²) in [6.07, 6.45) is 2.17. The quantitative estimate of drug-likeness (QED) is 0.779. The number of nitrogens with zero attached hydrogens (tertiary/aromatic N) is 1. The third-order valence-corrected chi connectivity index (χ3v) is 2.75. The lowest BCUT2D eigenvalue weighted by molar-refractivity contribution is 0.472. The van der Waals surface area contributed by atoms with E-state index in [0.717, 1.165) is 25.9 Å². The van der Waals surface area contributed by atoms with E-state index in [1.54, 1.807) is 0 Å². The zero-order valence-electron chi connectivity index (χ0n) is 7.63. The summed E-state index contributed by atoms with van der Waals surface area (Å²) in [6.45, 7) is 1.74. The summed E-state index contributed by atoms with van der Waals surface area (Å²) in [5.74, 6) is -0.426. The summed E-state index contributed by atoms with van der Waals surface area (Å²) in [5.41, 5.74) is 0.546. The molecule has 1 N–H and O–H groups in total. The molecule has 1 heterocycles. The van der Waals surface area contributed by atoms with Crippen molar-refractivity contribution in [3.8, 4) is 5.75 Å². The van der Waals surface area contributed by atoms with Crippen molar-refractivity contribution in [1.82, 2.24) is 0 Å². The van der Waals surface area contributed by atoms with E-state index in [9.17, 15) is 9.50 Å². The molecule has 0 bridgehead atoms. The highest BCUT2D eigenvalue weighted by Gasteiger charge is 2.17. The number of phenolic OH excluding ortho intramolecular Hbond substituents is 1. The first kappa shape index (κ1) is 9.59. The van der Waals surface area contributed by atoms with Gasteiger partial charge in [0.05, 0.1) is 10.7 Å². The lowest BCUT2D eigenvalue weighted by Crippen LogP contribution is -2.17. The molecule has 1 saturated heterocycles. The molecule has 1 aromatic rings. The molecule has 2 nitrogen and oxygen atoms in total. The summed E-state index contributed by atoms with van der Waals surface area (Å²) in [5, 5.41) is 9.55. The third kappa shape index (κ3) is 1.64. The van der Waals surface area contributed by atoms with Crippen LogP contribution in [0.25, 0.3) is 0 Å². The monoisotopic (exact) mass is 215 g/mol. The van der Waals surface area contributed by atoms with Gasteiger partial charge in [-0.2, -0.15) is 0 Å². The molecule has 4 heteroatoms. The molecule has 0 unspecified atom stereocenters. The molecule has 14 heavy (non-hydrogen) atoms. The minimum atomic E-state index is -0.480. The molecule has 0 radical (unpaired) electrons. The van der Waals surface area contributed by atoms with Gasteiger partial charge in [0.25, 0.3) is 0 Å². The van der Waals surface area contributed by atoms with E-state index in [2.05, 4.69) is 0 Å². The standard InChI is InChI=1S/C10H11ClFNO/c11-7-5-10(14)9(6-8(7)12)13-3-1-2-4-13/h5-6,14H,1-4H2. The Morgan fingerprint density at radius 1 is 1.29 bits per heavy atom. The maximum atomic E-state index is 13.1. The van der Waals surface area contributed by atoms with Crippen molar-refractivity contribution >= 4 is 17.3 Å². The van der Waals surface area contributed by atoms with Gasteiger partial charge in [-0.1, -0.05) is 11.6 Å². The molecule has 0 spiro atoms. The first-order valence-corrected chi connectivity index (χ1v) is 4.99. The lowest BCUT2D eigenvalue weighted by atomic mass is 10.2. The van der Waals surface area contributed by atoms with Gasteiger partial charge in [-0.25, -0.2) is 4.39 Å². The van der Waals surface area contributed by atoms with Gasteiger partial charge in [-0.15, -0.1) is 0 Å². The van der Waals surface area contributed by atoms with Gasteiger partial charge in [0.15, 0.2) is 0 Å². The Morgan fingerprint density at radius 3 is 2.57 bits per heavy atom. The lowest BCUT2D eigenvalue weighted by Gasteiger charge is -2.19. The van der Waals surface area contributed by atoms with Gasteiger partial charge in [0.1, 0.15) is 11.6 Å². The van der Waals surface area contributed by atoms with Crippen molar-refractivity contribution in [3.05, 3.63) is 23.0 Å². The summed E-state index contributed by atoms with van der Waals surface area (Å²) in [4.78, 5) is 1.97. The summed E-state index contributed by atoms with van der Waals surface area (Å²) < 4.78 is 13.1. The predicted octanol–water partition coefficient (Wildman–Crippen LogP) is 2.78. The summed E-state index contributed by atoms with van der Waals surface area (Å²) in [6, 6.07) is 2.55. The minimum absolute atomic E-state index is 0.0366. The Bertz CT molecular complexity index is 350. The number of aromatic hydroxyl groups is 1. The molecule has 0 atom stereocenters. The minimum Gasteiger partial charge on any atom is -0.506 e. The Morgan fingerprint density at radius 2 is 1.93 bits per heavy atom. The number of hydrogen-bond donors (Lipinski definition) is 1. The van der Waals surface area contributed by atoms with Gasteiger partial charge in [-0.3, -0.25) is 0 Å². The normalized spacial score (nSPS) is 16.3. The van der Waals surface area contributed by atoms with Crippen LogP contribution in [-0.2, 0) is 0 Å². The topological polar surface area (TPSA) is 23.5 Å². The molecule has 1 aromatic carbocycles. The van der Waals surface area contributed by atoms with Crippen molar-refractivity contribution in [1.29, 1.82) is 0 Å². The molecular weight excluding hydrogens is 205 g/mol. The largest absolute Gasteiger partial charge is 0.506 e. The van der Waals surface area contributed by atoms with Crippen molar-refractivity contribution < 1.29 is 9.50 Å². The fourth-order valence-corrected chi connectivity index (χ4v) is 1.90.